The lowest BCUT2D eigenvalue weighted by Gasteiger charge is -2.25. The summed E-state index contributed by atoms with van der Waals surface area (Å²) in [5.41, 5.74) is 8.34. The van der Waals surface area contributed by atoms with Gasteiger partial charge in [0.15, 0.2) is 0 Å². The van der Waals surface area contributed by atoms with E-state index in [9.17, 15) is 0 Å². The molecule has 2 heteroatoms. The first-order chi connectivity index (χ1) is 7.03. The molecule has 0 saturated heterocycles. The number of nitrogens with one attached hydrogen (secondary N) is 1. The van der Waals surface area contributed by atoms with Crippen molar-refractivity contribution in [3.8, 4) is 0 Å². The predicted molar refractivity (Wildman–Crippen MR) is 65.8 cm³/mol. The maximum absolute atomic E-state index is 5.57. The van der Waals surface area contributed by atoms with Crippen LogP contribution in [-0.2, 0) is 6.54 Å². The highest BCUT2D eigenvalue weighted by Crippen LogP contribution is 2.10. The van der Waals surface area contributed by atoms with Crippen molar-refractivity contribution in [1.82, 2.24) is 5.32 Å². The van der Waals surface area contributed by atoms with Crippen LogP contribution in [0.2, 0.25) is 0 Å². The van der Waals surface area contributed by atoms with E-state index < -0.39 is 0 Å². The van der Waals surface area contributed by atoms with E-state index in [2.05, 4.69) is 50.4 Å². The zero-order valence-electron chi connectivity index (χ0n) is 10.0. The first-order valence-corrected chi connectivity index (χ1v) is 5.54. The van der Waals surface area contributed by atoms with Crippen LogP contribution in [0.15, 0.2) is 24.3 Å². The Balaban J connectivity index is 2.49. The Morgan fingerprint density at radius 1 is 1.33 bits per heavy atom. The van der Waals surface area contributed by atoms with E-state index in [0.717, 1.165) is 19.5 Å². The van der Waals surface area contributed by atoms with E-state index in [-0.39, 0.29) is 5.54 Å². The highest BCUT2D eigenvalue weighted by atomic mass is 15.0. The third kappa shape index (κ3) is 4.45. The van der Waals surface area contributed by atoms with Gasteiger partial charge in [-0.2, -0.15) is 0 Å². The molecule has 1 aromatic carbocycles. The first kappa shape index (κ1) is 12.2. The fraction of sp³-hybridized carbons (Fsp3) is 0.538. The number of rotatable bonds is 5. The molecule has 0 saturated carbocycles. The van der Waals surface area contributed by atoms with Crippen molar-refractivity contribution in [3.05, 3.63) is 35.4 Å². The smallest absolute Gasteiger partial charge is 0.0210 e. The molecule has 0 aliphatic heterocycles. The van der Waals surface area contributed by atoms with Crippen LogP contribution in [0.1, 0.15) is 31.4 Å². The summed E-state index contributed by atoms with van der Waals surface area (Å²) in [6.45, 7) is 8.14. The molecular weight excluding hydrogens is 184 g/mol. The van der Waals surface area contributed by atoms with Crippen LogP contribution in [0, 0.1) is 6.92 Å². The summed E-state index contributed by atoms with van der Waals surface area (Å²) < 4.78 is 0. The number of hydrogen-bond acceptors (Lipinski definition) is 2. The Labute approximate surface area is 92.9 Å². The van der Waals surface area contributed by atoms with Crippen LogP contribution >= 0.6 is 0 Å². The molecule has 1 rings (SSSR count). The number of nitrogens with two attached hydrogens (primary N) is 1. The van der Waals surface area contributed by atoms with Gasteiger partial charge in [-0.15, -0.1) is 0 Å². The molecule has 0 unspecified atom stereocenters. The molecule has 0 aliphatic carbocycles. The summed E-state index contributed by atoms with van der Waals surface area (Å²) in [7, 11) is 0. The summed E-state index contributed by atoms with van der Waals surface area (Å²) in [5, 5.41) is 3.52. The largest absolute Gasteiger partial charge is 0.330 e. The number of aryl methyl sites for hydroxylation is 1. The minimum atomic E-state index is 0.124. The van der Waals surface area contributed by atoms with Crippen LogP contribution in [0.5, 0.6) is 0 Å². The second kappa shape index (κ2) is 5.29. The minimum absolute atomic E-state index is 0.124. The van der Waals surface area contributed by atoms with E-state index in [1.165, 1.54) is 11.1 Å². The van der Waals surface area contributed by atoms with Crippen molar-refractivity contribution in [2.24, 2.45) is 5.73 Å². The maximum Gasteiger partial charge on any atom is 0.0210 e. The second-order valence-electron chi connectivity index (χ2n) is 4.77. The lowest BCUT2D eigenvalue weighted by Crippen LogP contribution is -2.40. The van der Waals surface area contributed by atoms with Gasteiger partial charge in [0.2, 0.25) is 0 Å². The summed E-state index contributed by atoms with van der Waals surface area (Å²) in [4.78, 5) is 0. The summed E-state index contributed by atoms with van der Waals surface area (Å²) in [6, 6.07) is 8.58. The topological polar surface area (TPSA) is 38.0 Å². The van der Waals surface area contributed by atoms with Gasteiger partial charge in [0, 0.05) is 12.1 Å². The van der Waals surface area contributed by atoms with Crippen LogP contribution in [0.3, 0.4) is 0 Å². The first-order valence-electron chi connectivity index (χ1n) is 5.54. The predicted octanol–water partition coefficient (Wildman–Crippen LogP) is 2.21. The standard InChI is InChI=1S/C13H22N2/c1-11-5-4-6-12(9-11)10-15-13(2,3)7-8-14/h4-6,9,15H,7-8,10,14H2,1-3H3. The van der Waals surface area contributed by atoms with Gasteiger partial charge in [-0.3, -0.25) is 0 Å². The van der Waals surface area contributed by atoms with Crippen LogP contribution < -0.4 is 11.1 Å². The van der Waals surface area contributed by atoms with Gasteiger partial charge in [-0.1, -0.05) is 29.8 Å². The van der Waals surface area contributed by atoms with E-state index in [4.69, 9.17) is 5.73 Å². The highest BCUT2D eigenvalue weighted by molar-refractivity contribution is 5.22. The number of hydrogen-bond donors (Lipinski definition) is 2. The highest BCUT2D eigenvalue weighted by Gasteiger charge is 2.14. The second-order valence-corrected chi connectivity index (χ2v) is 4.77. The van der Waals surface area contributed by atoms with Gasteiger partial charge in [0.25, 0.3) is 0 Å². The van der Waals surface area contributed by atoms with Crippen molar-refractivity contribution in [2.45, 2.75) is 39.3 Å². The number of benzene rings is 1. The Hall–Kier alpha value is -0.860. The lowest BCUT2D eigenvalue weighted by atomic mass is 10.00. The van der Waals surface area contributed by atoms with Gasteiger partial charge < -0.3 is 11.1 Å². The molecule has 0 aliphatic rings. The third-order valence-corrected chi connectivity index (χ3v) is 2.62. The Bertz CT molecular complexity index is 305. The molecular formula is C13H22N2. The molecule has 0 atom stereocenters. The van der Waals surface area contributed by atoms with E-state index in [1.54, 1.807) is 0 Å². The molecule has 0 aromatic heterocycles. The average molecular weight is 206 g/mol. The van der Waals surface area contributed by atoms with Gasteiger partial charge in [-0.25, -0.2) is 0 Å². The van der Waals surface area contributed by atoms with Crippen molar-refractivity contribution < 1.29 is 0 Å². The molecule has 1 aromatic rings. The molecule has 84 valence electrons. The zero-order valence-corrected chi connectivity index (χ0v) is 10.0. The summed E-state index contributed by atoms with van der Waals surface area (Å²) in [5.74, 6) is 0. The zero-order chi connectivity index (χ0) is 11.3. The third-order valence-electron chi connectivity index (χ3n) is 2.62. The fourth-order valence-corrected chi connectivity index (χ4v) is 1.61. The summed E-state index contributed by atoms with van der Waals surface area (Å²) >= 11 is 0. The average Bonchev–Trinajstić information content (AvgIpc) is 2.15. The summed E-state index contributed by atoms with van der Waals surface area (Å²) in [6.07, 6.45) is 0.999. The molecule has 0 fully saturated rings. The molecule has 0 radical (unpaired) electrons. The molecule has 0 spiro atoms. The van der Waals surface area contributed by atoms with Crippen molar-refractivity contribution in [2.75, 3.05) is 6.54 Å². The molecule has 3 N–H and O–H groups in total. The van der Waals surface area contributed by atoms with Gasteiger partial charge >= 0.3 is 0 Å². The Morgan fingerprint density at radius 2 is 2.07 bits per heavy atom. The maximum atomic E-state index is 5.57. The van der Waals surface area contributed by atoms with Crippen molar-refractivity contribution >= 4 is 0 Å². The monoisotopic (exact) mass is 206 g/mol. The lowest BCUT2D eigenvalue weighted by molar-refractivity contribution is 0.365. The van der Waals surface area contributed by atoms with Gasteiger partial charge in [-0.05, 0) is 39.3 Å². The SMILES string of the molecule is Cc1cccc(CNC(C)(C)CCN)c1. The van der Waals surface area contributed by atoms with E-state index in [0.29, 0.717) is 0 Å². The quantitative estimate of drug-likeness (QED) is 0.775. The van der Waals surface area contributed by atoms with Crippen molar-refractivity contribution in [3.63, 3.8) is 0 Å². The van der Waals surface area contributed by atoms with Crippen LogP contribution in [0.25, 0.3) is 0 Å². The van der Waals surface area contributed by atoms with E-state index >= 15 is 0 Å². The molecule has 2 nitrogen and oxygen atoms in total. The molecule has 15 heavy (non-hydrogen) atoms. The molecule has 0 bridgehead atoms. The van der Waals surface area contributed by atoms with Crippen LogP contribution in [-0.4, -0.2) is 12.1 Å². The normalized spacial score (nSPS) is 11.7. The van der Waals surface area contributed by atoms with E-state index in [1.807, 2.05) is 0 Å². The van der Waals surface area contributed by atoms with Crippen molar-refractivity contribution in [1.29, 1.82) is 0 Å². The molecule has 0 amide bonds. The molecule has 0 heterocycles. The Morgan fingerprint density at radius 3 is 2.67 bits per heavy atom. The van der Waals surface area contributed by atoms with Gasteiger partial charge in [0.1, 0.15) is 0 Å². The van der Waals surface area contributed by atoms with Crippen LogP contribution in [0.4, 0.5) is 0 Å². The Kier molecular flexibility index (Phi) is 4.30. The fourth-order valence-electron chi connectivity index (χ4n) is 1.61. The van der Waals surface area contributed by atoms with Gasteiger partial charge in [0.05, 0.1) is 0 Å². The minimum Gasteiger partial charge on any atom is -0.330 e.